The molecule has 190 valence electrons. The van der Waals surface area contributed by atoms with Crippen LogP contribution in [0.15, 0.2) is 41.8 Å². The molecule has 0 radical (unpaired) electrons. The van der Waals surface area contributed by atoms with Gasteiger partial charge in [0.2, 0.25) is 11.8 Å². The van der Waals surface area contributed by atoms with Gasteiger partial charge in [0.05, 0.1) is 35.5 Å². The van der Waals surface area contributed by atoms with E-state index in [2.05, 4.69) is 19.9 Å². The van der Waals surface area contributed by atoms with Crippen molar-refractivity contribution in [3.63, 3.8) is 0 Å². The molecule has 36 heavy (non-hydrogen) atoms. The molecule has 2 unspecified atom stereocenters. The third kappa shape index (κ3) is 5.04. The lowest BCUT2D eigenvalue weighted by Gasteiger charge is -2.46. The van der Waals surface area contributed by atoms with Crippen LogP contribution in [0.1, 0.15) is 0 Å². The third-order valence-electron chi connectivity index (χ3n) is 5.90. The fraction of sp³-hybridized carbons (Fsp3) is 0.364. The minimum Gasteiger partial charge on any atom is -0.471 e. The summed E-state index contributed by atoms with van der Waals surface area (Å²) in [5, 5.41) is 0.434. The number of aromatic nitrogens is 4. The highest BCUT2D eigenvalue weighted by Gasteiger charge is 2.43. The van der Waals surface area contributed by atoms with Gasteiger partial charge in [-0.1, -0.05) is 11.6 Å². The average Bonchev–Trinajstić information content (AvgIpc) is 2.82. The summed E-state index contributed by atoms with van der Waals surface area (Å²) >= 11 is 5.89. The molecule has 2 atom stereocenters. The van der Waals surface area contributed by atoms with E-state index >= 15 is 4.39 Å². The Morgan fingerprint density at radius 2 is 1.72 bits per heavy atom. The molecule has 2 fully saturated rings. The maximum atomic E-state index is 15.2. The number of halogens is 3. The highest BCUT2D eigenvalue weighted by molar-refractivity contribution is 7.90. The molecule has 2 bridgehead atoms. The van der Waals surface area contributed by atoms with Crippen molar-refractivity contribution in [3.8, 4) is 17.5 Å². The largest absolute Gasteiger partial charge is 0.471 e. The van der Waals surface area contributed by atoms with Gasteiger partial charge in [-0.2, -0.15) is 14.4 Å². The molecular weight excluding hydrogens is 520 g/mol. The molecule has 2 aliphatic rings. The predicted molar refractivity (Wildman–Crippen MR) is 123 cm³/mol. The van der Waals surface area contributed by atoms with Crippen LogP contribution in [0.5, 0.6) is 17.5 Å². The lowest BCUT2D eigenvalue weighted by Crippen LogP contribution is -2.58. The van der Waals surface area contributed by atoms with Crippen LogP contribution in [0.2, 0.25) is 5.02 Å². The van der Waals surface area contributed by atoms with E-state index in [4.69, 9.17) is 25.8 Å². The Hall–Kier alpha value is -3.16. The molecule has 3 aromatic rings. The molecule has 10 nitrogen and oxygen atoms in total. The lowest BCUT2D eigenvalue weighted by molar-refractivity contribution is -0.0782. The SMILES string of the molecule is CS(=O)(=O)c1ccc(Oc2ncnc(OC3C4COCC3CN(c3ncc(Cl)cn3)C4)c2F)c(F)c1. The summed E-state index contributed by atoms with van der Waals surface area (Å²) in [7, 11) is -3.62. The van der Waals surface area contributed by atoms with Crippen LogP contribution >= 0.6 is 11.6 Å². The van der Waals surface area contributed by atoms with Crippen LogP contribution in [0.3, 0.4) is 0 Å². The van der Waals surface area contributed by atoms with Crippen molar-refractivity contribution in [3.05, 3.63) is 53.6 Å². The fourth-order valence-electron chi connectivity index (χ4n) is 4.24. The van der Waals surface area contributed by atoms with Crippen molar-refractivity contribution in [2.75, 3.05) is 37.5 Å². The van der Waals surface area contributed by atoms with Crippen molar-refractivity contribution < 1.29 is 31.4 Å². The molecule has 2 saturated heterocycles. The molecule has 2 aliphatic heterocycles. The summed E-state index contributed by atoms with van der Waals surface area (Å²) in [5.41, 5.74) is 0. The van der Waals surface area contributed by atoms with E-state index in [0.29, 0.717) is 37.3 Å². The number of nitrogens with zero attached hydrogens (tertiary/aromatic N) is 5. The maximum Gasteiger partial charge on any atom is 0.263 e. The van der Waals surface area contributed by atoms with Crippen molar-refractivity contribution in [1.82, 2.24) is 19.9 Å². The van der Waals surface area contributed by atoms with Crippen LogP contribution in [-0.4, -0.2) is 67.0 Å². The minimum atomic E-state index is -3.62. The molecule has 5 rings (SSSR count). The first kappa shape index (κ1) is 24.5. The summed E-state index contributed by atoms with van der Waals surface area (Å²) in [6.07, 6.45) is 4.62. The number of sulfone groups is 1. The van der Waals surface area contributed by atoms with Crippen molar-refractivity contribution in [2.24, 2.45) is 11.8 Å². The molecule has 0 amide bonds. The Morgan fingerprint density at radius 1 is 1.06 bits per heavy atom. The van der Waals surface area contributed by atoms with E-state index in [1.54, 1.807) is 0 Å². The van der Waals surface area contributed by atoms with E-state index in [1.807, 2.05) is 4.90 Å². The van der Waals surface area contributed by atoms with E-state index < -0.39 is 39.2 Å². The van der Waals surface area contributed by atoms with Crippen molar-refractivity contribution >= 4 is 27.4 Å². The van der Waals surface area contributed by atoms with Gasteiger partial charge >= 0.3 is 0 Å². The number of anilines is 1. The van der Waals surface area contributed by atoms with Crippen LogP contribution < -0.4 is 14.4 Å². The standard InChI is InChI=1S/C22H20ClF2N5O5S/c1-36(31,32)15-2-3-17(16(24)4-15)34-20-18(25)21(29-11-28-20)35-19-12-7-30(8-13(19)10-33-9-12)22-26-5-14(23)6-27-22/h2-6,11-13,19H,7-10H2,1H3. The smallest absolute Gasteiger partial charge is 0.263 e. The van der Waals surface area contributed by atoms with Crippen LogP contribution in [-0.2, 0) is 14.6 Å². The Bertz CT molecular complexity index is 1370. The Kier molecular flexibility index (Phi) is 6.62. The molecule has 0 N–H and O–H groups in total. The van der Waals surface area contributed by atoms with Crippen LogP contribution in [0.25, 0.3) is 0 Å². The first-order chi connectivity index (χ1) is 17.2. The summed E-state index contributed by atoms with van der Waals surface area (Å²) < 4.78 is 69.8. The number of ether oxygens (including phenoxy) is 3. The van der Waals surface area contributed by atoms with Gasteiger partial charge < -0.3 is 19.1 Å². The van der Waals surface area contributed by atoms with Gasteiger partial charge in [-0.05, 0) is 18.2 Å². The second kappa shape index (κ2) is 9.71. The normalized spacial score (nSPS) is 21.8. The monoisotopic (exact) mass is 539 g/mol. The molecule has 2 aromatic heterocycles. The van der Waals surface area contributed by atoms with E-state index in [9.17, 15) is 12.8 Å². The molecule has 1 aromatic carbocycles. The molecular formula is C22H20ClF2N5O5S. The molecule has 0 saturated carbocycles. The fourth-order valence-corrected chi connectivity index (χ4v) is 4.97. The first-order valence-electron chi connectivity index (χ1n) is 10.8. The van der Waals surface area contributed by atoms with E-state index in [-0.39, 0.29) is 22.6 Å². The molecule has 4 heterocycles. The van der Waals surface area contributed by atoms with E-state index in [0.717, 1.165) is 30.8 Å². The Balaban J connectivity index is 1.33. The third-order valence-corrected chi connectivity index (χ3v) is 7.21. The van der Waals surface area contributed by atoms with Gasteiger partial charge in [-0.15, -0.1) is 0 Å². The highest BCUT2D eigenvalue weighted by atomic mass is 35.5. The maximum absolute atomic E-state index is 15.2. The van der Waals surface area contributed by atoms with Crippen molar-refractivity contribution in [1.29, 1.82) is 0 Å². The minimum absolute atomic E-state index is 0.128. The number of hydrogen-bond donors (Lipinski definition) is 0. The number of benzene rings is 1. The van der Waals surface area contributed by atoms with Gasteiger partial charge in [0, 0.05) is 31.2 Å². The van der Waals surface area contributed by atoms with Gasteiger partial charge in [0.25, 0.3) is 11.8 Å². The first-order valence-corrected chi connectivity index (χ1v) is 13.1. The summed E-state index contributed by atoms with van der Waals surface area (Å²) in [4.78, 5) is 17.9. The predicted octanol–water partition coefficient (Wildman–Crippen LogP) is 2.92. The number of hydrogen-bond acceptors (Lipinski definition) is 10. The second-order valence-corrected chi connectivity index (χ2v) is 11.0. The summed E-state index contributed by atoms with van der Waals surface area (Å²) in [6.45, 7) is 1.80. The molecule has 14 heteroatoms. The number of rotatable bonds is 6. The summed E-state index contributed by atoms with van der Waals surface area (Å²) in [6, 6.07) is 3.04. The topological polar surface area (TPSA) is 117 Å². The number of piperidine rings is 1. The van der Waals surface area contributed by atoms with Gasteiger partial charge in [-0.25, -0.2) is 22.8 Å². The second-order valence-electron chi connectivity index (χ2n) is 8.51. The molecule has 0 spiro atoms. The van der Waals surface area contributed by atoms with Crippen LogP contribution in [0.4, 0.5) is 14.7 Å². The quantitative estimate of drug-likeness (QED) is 0.463. The highest BCUT2D eigenvalue weighted by Crippen LogP contribution is 2.35. The number of fused-ring (bicyclic) bond motifs is 2. The summed E-state index contributed by atoms with van der Waals surface area (Å²) in [5.74, 6) is -3.01. The zero-order chi connectivity index (χ0) is 25.4. The average molecular weight is 540 g/mol. The van der Waals surface area contributed by atoms with Gasteiger partial charge in [0.1, 0.15) is 12.4 Å². The Labute approximate surface area is 210 Å². The van der Waals surface area contributed by atoms with Gasteiger partial charge in [0.15, 0.2) is 21.4 Å². The zero-order valence-electron chi connectivity index (χ0n) is 18.8. The van der Waals surface area contributed by atoms with Gasteiger partial charge in [-0.3, -0.25) is 0 Å². The Morgan fingerprint density at radius 3 is 2.36 bits per heavy atom. The lowest BCUT2D eigenvalue weighted by atomic mass is 9.84. The molecule has 0 aliphatic carbocycles. The van der Waals surface area contributed by atoms with E-state index in [1.165, 1.54) is 12.4 Å². The van der Waals surface area contributed by atoms with Crippen molar-refractivity contribution in [2.45, 2.75) is 11.0 Å². The zero-order valence-corrected chi connectivity index (χ0v) is 20.4. The van der Waals surface area contributed by atoms with Crippen LogP contribution in [0, 0.1) is 23.5 Å².